The van der Waals surface area contributed by atoms with Crippen molar-refractivity contribution in [2.24, 2.45) is 11.8 Å². The van der Waals surface area contributed by atoms with Gasteiger partial charge in [0.1, 0.15) is 61.2 Å². The maximum atomic E-state index is 13.3. The van der Waals surface area contributed by atoms with Crippen molar-refractivity contribution in [1.29, 1.82) is 0 Å². The van der Waals surface area contributed by atoms with E-state index in [1.54, 1.807) is 6.92 Å². The number of likely N-dealkylation sites (tertiary alicyclic amines) is 1. The summed E-state index contributed by atoms with van der Waals surface area (Å²) in [4.78, 5) is 70.0. The van der Waals surface area contributed by atoms with Crippen molar-refractivity contribution in [2.75, 3.05) is 26.9 Å². The van der Waals surface area contributed by atoms with Gasteiger partial charge in [-0.15, -0.1) is 0 Å². The van der Waals surface area contributed by atoms with Crippen molar-refractivity contribution in [2.45, 2.75) is 138 Å². The molecule has 5 rings (SSSR count). The molecule has 28 heteroatoms. The Hall–Kier alpha value is -2.11. The van der Waals surface area contributed by atoms with E-state index in [1.165, 1.54) is 0 Å². The van der Waals surface area contributed by atoms with Crippen LogP contribution in [0.3, 0.4) is 0 Å². The number of nitrogens with one attached hydrogen (secondary N) is 2. The molecular weight excluding hydrogens is 866 g/mol. The fraction of sp³-hybridized carbons (Fsp3) is 0.848. The molecule has 0 saturated carbocycles. The quantitative estimate of drug-likeness (QED) is 0.0874. The van der Waals surface area contributed by atoms with Gasteiger partial charge in [0.2, 0.25) is 5.91 Å². The number of aliphatic hydroxyl groups excluding tert-OH is 8. The molecule has 0 aliphatic carbocycles. The number of amides is 1. The Balaban J connectivity index is 0.00000125. The van der Waals surface area contributed by atoms with Crippen LogP contribution in [0, 0.1) is 11.8 Å². The minimum Gasteiger partial charge on any atom is -0.756 e. The minimum atomic E-state index is -5.63. The molecule has 360 valence electrons. The molecule has 4 aliphatic rings. The first-order valence-electron chi connectivity index (χ1n) is 19.0. The number of phosphoric ester groups is 1. The number of aliphatic hydroxyl groups is 8. The lowest BCUT2D eigenvalue weighted by molar-refractivity contribution is -0.339. The summed E-state index contributed by atoms with van der Waals surface area (Å²) in [7, 11) is -9.06. The maximum Gasteiger partial charge on any atom is 0.330 e. The van der Waals surface area contributed by atoms with Crippen LogP contribution in [-0.4, -0.2) is 178 Å². The van der Waals surface area contributed by atoms with Gasteiger partial charge in [0.15, 0.2) is 12.5 Å². The highest BCUT2D eigenvalue weighted by molar-refractivity contribution is 7.59. The minimum absolute atomic E-state index is 0. The van der Waals surface area contributed by atoms with Crippen LogP contribution in [0.1, 0.15) is 59.4 Å². The summed E-state index contributed by atoms with van der Waals surface area (Å²) in [5.74, 6) is -1.12. The summed E-state index contributed by atoms with van der Waals surface area (Å²) >= 11 is 0. The molecule has 1 aromatic rings. The monoisotopic (exact) mass is 930 g/mol. The van der Waals surface area contributed by atoms with Gasteiger partial charge in [0, 0.05) is 40.9 Å². The number of H-pyrrole nitrogens is 1. The lowest BCUT2D eigenvalue weighted by Gasteiger charge is -2.53. The molecule has 1 amide bonds. The maximum absolute atomic E-state index is 13.3. The second-order valence-corrected chi connectivity index (χ2v) is 19.3. The molecule has 61 heavy (non-hydrogen) atoms. The number of carbonyl (C=O) groups excluding carboxylic acids is 1. The van der Waals surface area contributed by atoms with E-state index in [0.29, 0.717) is 12.8 Å². The third kappa shape index (κ3) is 12.4. The lowest BCUT2D eigenvalue weighted by Crippen LogP contribution is -2.65. The van der Waals surface area contributed by atoms with Gasteiger partial charge in [-0.3, -0.25) is 33.2 Å². The second-order valence-electron chi connectivity index (χ2n) is 16.6. The SMILES string of the molecule is CC1[C@H](NC(=O)C2CC(C)(C)N(C)C(C)(C)C2)OC(CO)[C@@H](OC2OC(CO)[C@H](O)C(O)C2O)[C@@H]1O.O=c1ccn([C@@H]2O[C@H](COP(=O)([O-])OP(=O)([O-])O)[C@H](O)C2O)c(=O)[nH]1.[HH].[HH].[HH].[HH]. The van der Waals surface area contributed by atoms with Gasteiger partial charge in [-0.05, 0) is 47.6 Å². The summed E-state index contributed by atoms with van der Waals surface area (Å²) in [6.45, 7) is 7.87. The summed E-state index contributed by atoms with van der Waals surface area (Å²) in [6.07, 6.45) is -16.1. The predicted octanol–water partition coefficient (Wildman–Crippen LogP) is -5.00. The van der Waals surface area contributed by atoms with Gasteiger partial charge in [0.25, 0.3) is 21.2 Å². The topological polar surface area (TPSA) is 405 Å². The fourth-order valence-electron chi connectivity index (χ4n) is 7.76. The van der Waals surface area contributed by atoms with E-state index in [4.69, 9.17) is 23.8 Å². The Morgan fingerprint density at radius 2 is 1.48 bits per heavy atom. The van der Waals surface area contributed by atoms with Crippen molar-refractivity contribution in [3.63, 3.8) is 0 Å². The Bertz CT molecular complexity index is 1860. The van der Waals surface area contributed by atoms with Gasteiger partial charge in [0.05, 0.1) is 25.9 Å². The van der Waals surface area contributed by atoms with Crippen LogP contribution in [0.15, 0.2) is 21.9 Å². The molecule has 4 aliphatic heterocycles. The molecule has 5 heterocycles. The van der Waals surface area contributed by atoms with Gasteiger partial charge in [-0.2, -0.15) is 0 Å². The van der Waals surface area contributed by atoms with E-state index >= 15 is 0 Å². The van der Waals surface area contributed by atoms with Crippen LogP contribution in [0.5, 0.6) is 0 Å². The number of ether oxygens (including phenoxy) is 4. The van der Waals surface area contributed by atoms with Crippen molar-refractivity contribution in [3.05, 3.63) is 33.1 Å². The zero-order valence-electron chi connectivity index (χ0n) is 34.0. The van der Waals surface area contributed by atoms with Crippen LogP contribution in [0.2, 0.25) is 0 Å². The van der Waals surface area contributed by atoms with E-state index in [9.17, 15) is 74.2 Å². The Morgan fingerprint density at radius 3 is 2.02 bits per heavy atom. The van der Waals surface area contributed by atoms with Gasteiger partial charge < -0.3 is 84.3 Å². The molecule has 0 radical (unpaired) electrons. The summed E-state index contributed by atoms with van der Waals surface area (Å²) in [6, 6.07) is 0.945. The first-order chi connectivity index (χ1) is 28.0. The summed E-state index contributed by atoms with van der Waals surface area (Å²) < 4.78 is 51.9. The first kappa shape index (κ1) is 51.5. The van der Waals surface area contributed by atoms with E-state index in [0.717, 1.165) is 16.8 Å². The van der Waals surface area contributed by atoms with Crippen LogP contribution >= 0.6 is 15.6 Å². The van der Waals surface area contributed by atoms with Gasteiger partial charge >= 0.3 is 5.69 Å². The van der Waals surface area contributed by atoms with Crippen LogP contribution in [-0.2, 0) is 41.7 Å². The highest BCUT2D eigenvalue weighted by Crippen LogP contribution is 2.52. The lowest BCUT2D eigenvalue weighted by atomic mass is 9.73. The predicted molar refractivity (Wildman–Crippen MR) is 207 cm³/mol. The number of aromatic amines is 1. The molecule has 1 aromatic heterocycles. The molecule has 0 bridgehead atoms. The molecule has 0 spiro atoms. The number of rotatable bonds is 12. The molecule has 4 saturated heterocycles. The first-order valence-corrected chi connectivity index (χ1v) is 22.0. The highest BCUT2D eigenvalue weighted by atomic mass is 31.3. The van der Waals surface area contributed by atoms with E-state index < -0.39 is 132 Å². The molecule has 11 N–H and O–H groups in total. The van der Waals surface area contributed by atoms with E-state index in [-0.39, 0.29) is 28.6 Å². The van der Waals surface area contributed by atoms with Crippen molar-refractivity contribution >= 4 is 21.6 Å². The van der Waals surface area contributed by atoms with Gasteiger partial charge in [-0.25, -0.2) is 9.11 Å². The molecule has 4 fully saturated rings. The highest BCUT2D eigenvalue weighted by Gasteiger charge is 2.51. The zero-order chi connectivity index (χ0) is 46.2. The molecule has 26 nitrogen and oxygen atoms in total. The fourth-order valence-corrected chi connectivity index (χ4v) is 9.29. The number of aromatic nitrogens is 2. The van der Waals surface area contributed by atoms with Crippen LogP contribution in [0.25, 0.3) is 0 Å². The van der Waals surface area contributed by atoms with Crippen LogP contribution < -0.4 is 26.4 Å². The number of hydrogen-bond donors (Lipinski definition) is 11. The molecule has 9 unspecified atom stereocenters. The summed E-state index contributed by atoms with van der Waals surface area (Å²) in [5.41, 5.74) is -2.07. The molecular formula is C33H64N4O22P2-2. The third-order valence-electron chi connectivity index (χ3n) is 11.4. The number of nitrogens with zero attached hydrogens (tertiary/aromatic N) is 2. The van der Waals surface area contributed by atoms with Crippen molar-refractivity contribution in [3.8, 4) is 0 Å². The van der Waals surface area contributed by atoms with Crippen LogP contribution in [0.4, 0.5) is 0 Å². The molecule has 0 aromatic carbocycles. The van der Waals surface area contributed by atoms with E-state index in [2.05, 4.69) is 53.8 Å². The molecule has 16 atom stereocenters. The average Bonchev–Trinajstić information content (AvgIpc) is 3.43. The normalized spacial score (nSPS) is 38.7. The largest absolute Gasteiger partial charge is 0.756 e. The zero-order valence-corrected chi connectivity index (χ0v) is 35.8. The Labute approximate surface area is 354 Å². The van der Waals surface area contributed by atoms with Crippen molar-refractivity contribution in [1.82, 2.24) is 19.8 Å². The number of piperidine rings is 1. The number of phosphoric acid groups is 2. The number of hydrogen-bond acceptors (Lipinski definition) is 22. The third-order valence-corrected chi connectivity index (χ3v) is 13.5. The van der Waals surface area contributed by atoms with Gasteiger partial charge in [-0.1, -0.05) is 6.92 Å². The summed E-state index contributed by atoms with van der Waals surface area (Å²) in [5, 5.41) is 83.3. The Morgan fingerprint density at radius 1 is 0.902 bits per heavy atom. The van der Waals surface area contributed by atoms with Crippen molar-refractivity contribution < 1.29 is 103 Å². The van der Waals surface area contributed by atoms with E-state index in [1.807, 2.05) is 4.98 Å². The standard InChI is InChI=1S/C24H44N2O10.C9H14N2O12P2.4H2/c1-11-15(29)19(36-22-18(32)17(31)16(30)13(9-27)35-22)14(10-28)34-21(11)25-20(33)12-7-23(2,3)26(6)24(4,5)8-12;12-5-1-2-11(9(15)10-5)8-7(14)6(13)4(22-8)3-21-25(19,20)23-24(16,17)18;;;;/h11-19,21-22,27-32H,7-10H2,1-6H3,(H,25,33);1-2,4,6-8,13-14H,3H2,(H,19,20)(H,10,12,15)(H2,16,17,18);4*1H/p-2/t11?,13?,14?,15-,16+,17?,18?,19-,21-,22?;4-,6+,7?,8-;;;;/m11..../s1. The smallest absolute Gasteiger partial charge is 0.330 e. The number of carbonyl (C=O) groups is 1. The Kier molecular flexibility index (Phi) is 16.9. The average molecular weight is 931 g/mol. The second kappa shape index (κ2) is 20.0.